The summed E-state index contributed by atoms with van der Waals surface area (Å²) in [7, 11) is 0. The zero-order valence-electron chi connectivity index (χ0n) is 20.6. The highest BCUT2D eigenvalue weighted by Crippen LogP contribution is 2.30. The van der Waals surface area contributed by atoms with Crippen LogP contribution in [0.15, 0.2) is 42.7 Å². The molecule has 13 heteroatoms. The molecule has 1 N–H and O–H groups in total. The van der Waals surface area contributed by atoms with Gasteiger partial charge in [-0.15, -0.1) is 0 Å². The Bertz CT molecular complexity index is 1350. The lowest BCUT2D eigenvalue weighted by molar-refractivity contribution is -0.138. The highest BCUT2D eigenvalue weighted by Gasteiger charge is 2.31. The molecule has 0 aliphatic carbocycles. The van der Waals surface area contributed by atoms with Gasteiger partial charge < -0.3 is 15.0 Å². The number of aromatic nitrogens is 3. The van der Waals surface area contributed by atoms with Crippen molar-refractivity contribution in [1.29, 1.82) is 0 Å². The smallest absolute Gasteiger partial charge is 0.378 e. The van der Waals surface area contributed by atoms with Crippen LogP contribution in [0.25, 0.3) is 11.4 Å². The quantitative estimate of drug-likeness (QED) is 0.432. The maximum Gasteiger partial charge on any atom is 0.417 e. The molecule has 4 rings (SSSR count). The number of nitrogens with zero attached hydrogens (tertiary/aromatic N) is 4. The lowest BCUT2D eigenvalue weighted by Gasteiger charge is -2.26. The van der Waals surface area contributed by atoms with Crippen LogP contribution in [-0.4, -0.2) is 64.5 Å². The van der Waals surface area contributed by atoms with Crippen molar-refractivity contribution in [2.24, 2.45) is 0 Å². The van der Waals surface area contributed by atoms with Crippen LogP contribution in [0.5, 0.6) is 0 Å². The van der Waals surface area contributed by atoms with Crippen LogP contribution in [0.4, 0.5) is 22.0 Å². The second-order valence-corrected chi connectivity index (χ2v) is 8.76. The van der Waals surface area contributed by atoms with E-state index in [-0.39, 0.29) is 60.1 Å². The number of alkyl halides is 3. The molecular formula is C26H24F5N5O3. The molecule has 1 fully saturated rings. The summed E-state index contributed by atoms with van der Waals surface area (Å²) in [4.78, 5) is 38.9. The van der Waals surface area contributed by atoms with Crippen LogP contribution >= 0.6 is 0 Å². The summed E-state index contributed by atoms with van der Waals surface area (Å²) < 4.78 is 72.3. The Morgan fingerprint density at radius 3 is 2.49 bits per heavy atom. The lowest BCUT2D eigenvalue weighted by atomic mass is 10.1. The van der Waals surface area contributed by atoms with Gasteiger partial charge in [0.1, 0.15) is 17.3 Å². The first-order valence-corrected chi connectivity index (χ1v) is 12.1. The highest BCUT2D eigenvalue weighted by atomic mass is 19.4. The molecule has 0 saturated carbocycles. The first-order chi connectivity index (χ1) is 18.6. The molecule has 3 heterocycles. The monoisotopic (exact) mass is 549 g/mol. The molecule has 2 aromatic heterocycles. The molecule has 1 saturated heterocycles. The van der Waals surface area contributed by atoms with Crippen molar-refractivity contribution in [1.82, 2.24) is 25.2 Å². The average molecular weight is 550 g/mol. The number of carbonyl (C=O) groups is 2. The number of hydrogen-bond acceptors (Lipinski definition) is 6. The van der Waals surface area contributed by atoms with Crippen molar-refractivity contribution in [2.45, 2.75) is 25.4 Å². The van der Waals surface area contributed by atoms with Crippen LogP contribution < -0.4 is 5.32 Å². The zero-order chi connectivity index (χ0) is 28.0. The number of carbonyl (C=O) groups excluding carboxylic acids is 2. The van der Waals surface area contributed by atoms with Gasteiger partial charge in [0.05, 0.1) is 18.8 Å². The van der Waals surface area contributed by atoms with Crippen molar-refractivity contribution in [3.63, 3.8) is 0 Å². The van der Waals surface area contributed by atoms with Gasteiger partial charge in [0.25, 0.3) is 5.91 Å². The molecule has 1 aliphatic heterocycles. The Balaban J connectivity index is 1.55. The predicted octanol–water partition coefficient (Wildman–Crippen LogP) is 3.60. The Hall–Kier alpha value is -4.00. The maximum absolute atomic E-state index is 14.1. The minimum atomic E-state index is -4.66. The van der Waals surface area contributed by atoms with E-state index in [2.05, 4.69) is 20.3 Å². The molecule has 206 valence electrons. The number of nitrogens with one attached hydrogen (secondary N) is 1. The Labute approximate surface area is 220 Å². The number of benzene rings is 1. The van der Waals surface area contributed by atoms with Gasteiger partial charge in [-0.1, -0.05) is 6.07 Å². The normalized spacial score (nSPS) is 13.8. The number of amides is 2. The topological polar surface area (TPSA) is 97.3 Å². The average Bonchev–Trinajstić information content (AvgIpc) is 2.92. The summed E-state index contributed by atoms with van der Waals surface area (Å²) in [6, 6.07) is 5.28. The summed E-state index contributed by atoms with van der Waals surface area (Å²) >= 11 is 0. The fourth-order valence-corrected chi connectivity index (χ4v) is 3.92. The first kappa shape index (κ1) is 28.0. The molecule has 0 radical (unpaired) electrons. The van der Waals surface area contributed by atoms with Gasteiger partial charge in [0.2, 0.25) is 5.91 Å². The lowest BCUT2D eigenvalue weighted by Crippen LogP contribution is -2.42. The third kappa shape index (κ3) is 7.53. The summed E-state index contributed by atoms with van der Waals surface area (Å²) in [5.41, 5.74) is -0.794. The Morgan fingerprint density at radius 2 is 1.77 bits per heavy atom. The fourth-order valence-electron chi connectivity index (χ4n) is 3.92. The number of halogens is 5. The van der Waals surface area contributed by atoms with Crippen LogP contribution in [0.2, 0.25) is 0 Å². The largest absolute Gasteiger partial charge is 0.417 e. The standard InChI is InChI=1S/C26H24F5N5O3/c27-19-3-1-16(21(28)12-19)2-4-20-13-22(25(38)33-6-5-23(37)36-7-9-39-10-8-36)35-24(34-20)17-11-18(15-32-14-17)26(29,30)31/h1,3,11-15H,2,4-10H2,(H,33,38). The van der Waals surface area contributed by atoms with Crippen LogP contribution in [0, 0.1) is 11.6 Å². The van der Waals surface area contributed by atoms with E-state index in [0.717, 1.165) is 24.4 Å². The maximum atomic E-state index is 14.1. The van der Waals surface area contributed by atoms with Gasteiger partial charge in [0.15, 0.2) is 5.82 Å². The van der Waals surface area contributed by atoms with E-state index in [4.69, 9.17) is 4.74 Å². The number of hydrogen-bond donors (Lipinski definition) is 1. The van der Waals surface area contributed by atoms with Crippen molar-refractivity contribution in [3.05, 3.63) is 76.9 Å². The predicted molar refractivity (Wildman–Crippen MR) is 128 cm³/mol. The van der Waals surface area contributed by atoms with Gasteiger partial charge >= 0.3 is 6.18 Å². The molecule has 1 aliphatic rings. The second-order valence-electron chi connectivity index (χ2n) is 8.76. The Morgan fingerprint density at radius 1 is 1.00 bits per heavy atom. The van der Waals surface area contributed by atoms with Crippen molar-refractivity contribution < 1.29 is 36.3 Å². The van der Waals surface area contributed by atoms with E-state index in [0.29, 0.717) is 32.5 Å². The zero-order valence-corrected chi connectivity index (χ0v) is 20.6. The van der Waals surface area contributed by atoms with E-state index >= 15 is 0 Å². The van der Waals surface area contributed by atoms with Gasteiger partial charge in [-0.2, -0.15) is 13.2 Å². The molecule has 1 aromatic carbocycles. The SMILES string of the molecule is O=C(NCCC(=O)N1CCOCC1)c1cc(CCc2ccc(F)cc2F)nc(-c2cncc(C(F)(F)F)c2)n1. The number of pyridine rings is 1. The van der Waals surface area contributed by atoms with Crippen LogP contribution in [0.1, 0.15) is 33.7 Å². The van der Waals surface area contributed by atoms with E-state index < -0.39 is 29.3 Å². The third-order valence-electron chi connectivity index (χ3n) is 5.99. The van der Waals surface area contributed by atoms with Gasteiger partial charge in [-0.3, -0.25) is 14.6 Å². The molecule has 0 atom stereocenters. The number of aryl methyl sites for hydroxylation is 2. The van der Waals surface area contributed by atoms with E-state index in [1.807, 2.05) is 0 Å². The molecule has 0 unspecified atom stereocenters. The summed E-state index contributed by atoms with van der Waals surface area (Å²) in [5, 5.41) is 2.59. The van der Waals surface area contributed by atoms with Gasteiger partial charge in [-0.05, 0) is 36.6 Å². The molecular weight excluding hydrogens is 525 g/mol. The van der Waals surface area contributed by atoms with Crippen LogP contribution in [0.3, 0.4) is 0 Å². The van der Waals surface area contributed by atoms with E-state index in [1.54, 1.807) is 4.90 Å². The van der Waals surface area contributed by atoms with E-state index in [1.165, 1.54) is 12.1 Å². The molecule has 2 amide bonds. The first-order valence-electron chi connectivity index (χ1n) is 12.1. The van der Waals surface area contributed by atoms with Crippen molar-refractivity contribution in [2.75, 3.05) is 32.8 Å². The van der Waals surface area contributed by atoms with Crippen molar-refractivity contribution >= 4 is 11.8 Å². The summed E-state index contributed by atoms with van der Waals surface area (Å²) in [6.07, 6.45) is -2.66. The number of rotatable bonds is 8. The highest BCUT2D eigenvalue weighted by molar-refractivity contribution is 5.93. The molecule has 3 aromatic rings. The fraction of sp³-hybridized carbons (Fsp3) is 0.346. The molecule has 8 nitrogen and oxygen atoms in total. The Kier molecular flexibility index (Phi) is 8.79. The minimum absolute atomic E-state index is 0.00952. The number of ether oxygens (including phenoxy) is 1. The van der Waals surface area contributed by atoms with E-state index in [9.17, 15) is 31.5 Å². The van der Waals surface area contributed by atoms with Gasteiger partial charge in [0, 0.05) is 55.8 Å². The summed E-state index contributed by atoms with van der Waals surface area (Å²) in [5.74, 6) is -2.49. The molecule has 0 bridgehead atoms. The number of morpholine rings is 1. The van der Waals surface area contributed by atoms with Crippen LogP contribution in [-0.2, 0) is 28.5 Å². The second kappa shape index (κ2) is 12.2. The summed E-state index contributed by atoms with van der Waals surface area (Å²) in [6.45, 7) is 1.82. The minimum Gasteiger partial charge on any atom is -0.378 e. The molecule has 39 heavy (non-hydrogen) atoms. The third-order valence-corrected chi connectivity index (χ3v) is 5.99. The molecule has 0 spiro atoms. The van der Waals surface area contributed by atoms with Crippen molar-refractivity contribution in [3.8, 4) is 11.4 Å². The van der Waals surface area contributed by atoms with Gasteiger partial charge in [-0.25, -0.2) is 18.7 Å².